The third-order valence-electron chi connectivity index (χ3n) is 5.37. The van der Waals surface area contributed by atoms with Crippen molar-refractivity contribution in [2.24, 2.45) is 0 Å². The standard InChI is InChI=1S/C26H23FN2O3/c1-16(2)17-11-13-19(14-12-17)28-24-23(21-9-4-5-10-22(21)32-3)25(30)29(26(24)31)20-8-6-7-18(27)15-20/h4-16,28H,1-3H3. The van der Waals surface area contributed by atoms with Crippen LogP contribution in [0, 0.1) is 5.82 Å². The molecule has 32 heavy (non-hydrogen) atoms. The minimum absolute atomic E-state index is 0.112. The van der Waals surface area contributed by atoms with E-state index in [1.807, 2.05) is 24.3 Å². The quantitative estimate of drug-likeness (QED) is 0.536. The molecule has 0 unspecified atom stereocenters. The van der Waals surface area contributed by atoms with E-state index in [4.69, 9.17) is 4.74 Å². The molecule has 1 N–H and O–H groups in total. The Hall–Kier alpha value is -3.93. The van der Waals surface area contributed by atoms with E-state index in [2.05, 4.69) is 19.2 Å². The summed E-state index contributed by atoms with van der Waals surface area (Å²) in [5, 5.41) is 3.12. The highest BCUT2D eigenvalue weighted by Gasteiger charge is 2.41. The van der Waals surface area contributed by atoms with Gasteiger partial charge in [-0.25, -0.2) is 9.29 Å². The van der Waals surface area contributed by atoms with Crippen molar-refractivity contribution in [3.63, 3.8) is 0 Å². The van der Waals surface area contributed by atoms with Crippen molar-refractivity contribution in [3.05, 3.63) is 95.4 Å². The third kappa shape index (κ3) is 3.87. The van der Waals surface area contributed by atoms with Gasteiger partial charge in [0, 0.05) is 11.3 Å². The van der Waals surface area contributed by atoms with Crippen LogP contribution in [0.2, 0.25) is 0 Å². The Kier molecular flexibility index (Phi) is 5.77. The smallest absolute Gasteiger partial charge is 0.282 e. The highest BCUT2D eigenvalue weighted by atomic mass is 19.1. The number of rotatable bonds is 6. The van der Waals surface area contributed by atoms with Gasteiger partial charge in [0.15, 0.2) is 0 Å². The van der Waals surface area contributed by atoms with Crippen molar-refractivity contribution in [2.75, 3.05) is 17.3 Å². The molecule has 2 amide bonds. The maximum Gasteiger partial charge on any atom is 0.282 e. The topological polar surface area (TPSA) is 58.6 Å². The second kappa shape index (κ2) is 8.67. The largest absolute Gasteiger partial charge is 0.496 e. The second-order valence-corrected chi connectivity index (χ2v) is 7.78. The lowest BCUT2D eigenvalue weighted by Crippen LogP contribution is -2.32. The van der Waals surface area contributed by atoms with Gasteiger partial charge in [0.25, 0.3) is 11.8 Å². The lowest BCUT2D eigenvalue weighted by atomic mass is 10.0. The lowest BCUT2D eigenvalue weighted by Gasteiger charge is -2.15. The molecule has 5 nitrogen and oxygen atoms in total. The SMILES string of the molecule is COc1ccccc1C1=C(Nc2ccc(C(C)C)cc2)C(=O)N(c2cccc(F)c2)C1=O. The monoisotopic (exact) mass is 430 g/mol. The number of hydrogen-bond acceptors (Lipinski definition) is 4. The van der Waals surface area contributed by atoms with Crippen LogP contribution < -0.4 is 15.0 Å². The van der Waals surface area contributed by atoms with Gasteiger partial charge in [-0.1, -0.05) is 50.2 Å². The Bertz CT molecular complexity index is 1220. The zero-order chi connectivity index (χ0) is 22.8. The van der Waals surface area contributed by atoms with E-state index in [0.717, 1.165) is 16.5 Å². The maximum atomic E-state index is 13.9. The molecule has 1 aliphatic heterocycles. The summed E-state index contributed by atoms with van der Waals surface area (Å²) in [6.45, 7) is 4.20. The number of nitrogens with zero attached hydrogens (tertiary/aromatic N) is 1. The fraction of sp³-hybridized carbons (Fsp3) is 0.154. The van der Waals surface area contributed by atoms with Crippen molar-refractivity contribution in [2.45, 2.75) is 19.8 Å². The Labute approximate surface area is 186 Å². The summed E-state index contributed by atoms with van der Waals surface area (Å²) in [7, 11) is 1.50. The van der Waals surface area contributed by atoms with Crippen LogP contribution in [-0.2, 0) is 9.59 Å². The minimum atomic E-state index is -0.561. The number of carbonyl (C=O) groups is 2. The predicted molar refractivity (Wildman–Crippen MR) is 123 cm³/mol. The minimum Gasteiger partial charge on any atom is -0.496 e. The number of halogens is 1. The number of benzene rings is 3. The first-order chi connectivity index (χ1) is 15.4. The Morgan fingerprint density at radius 3 is 2.28 bits per heavy atom. The molecule has 0 saturated carbocycles. The molecule has 1 aliphatic rings. The van der Waals surface area contributed by atoms with Gasteiger partial charge in [0.1, 0.15) is 17.3 Å². The predicted octanol–water partition coefficient (Wildman–Crippen LogP) is 5.35. The van der Waals surface area contributed by atoms with Crippen LogP contribution in [0.1, 0.15) is 30.9 Å². The number of anilines is 2. The van der Waals surface area contributed by atoms with Gasteiger partial charge in [0.2, 0.25) is 0 Å². The van der Waals surface area contributed by atoms with Gasteiger partial charge in [-0.15, -0.1) is 0 Å². The van der Waals surface area contributed by atoms with E-state index in [-0.39, 0.29) is 17.0 Å². The van der Waals surface area contributed by atoms with E-state index in [0.29, 0.717) is 22.9 Å². The molecule has 3 aromatic carbocycles. The van der Waals surface area contributed by atoms with Crippen molar-refractivity contribution < 1.29 is 18.7 Å². The molecular formula is C26H23FN2O3. The molecule has 0 aromatic heterocycles. The van der Waals surface area contributed by atoms with Crippen molar-refractivity contribution >= 4 is 28.8 Å². The Morgan fingerprint density at radius 2 is 1.62 bits per heavy atom. The zero-order valence-electron chi connectivity index (χ0n) is 18.1. The summed E-state index contributed by atoms with van der Waals surface area (Å²) in [6, 6.07) is 20.1. The van der Waals surface area contributed by atoms with Gasteiger partial charge in [-0.3, -0.25) is 9.59 Å². The van der Waals surface area contributed by atoms with E-state index in [1.54, 1.807) is 24.3 Å². The van der Waals surface area contributed by atoms with E-state index in [1.165, 1.54) is 25.3 Å². The highest BCUT2D eigenvalue weighted by molar-refractivity contribution is 6.46. The zero-order valence-corrected chi connectivity index (χ0v) is 18.1. The molecule has 1 heterocycles. The van der Waals surface area contributed by atoms with E-state index in [9.17, 15) is 14.0 Å². The van der Waals surface area contributed by atoms with Crippen LogP contribution in [0.5, 0.6) is 5.75 Å². The highest BCUT2D eigenvalue weighted by Crippen LogP contribution is 2.37. The Morgan fingerprint density at radius 1 is 0.906 bits per heavy atom. The van der Waals surface area contributed by atoms with Crippen LogP contribution in [0.15, 0.2) is 78.5 Å². The molecule has 4 rings (SSSR count). The molecule has 162 valence electrons. The summed E-state index contributed by atoms with van der Waals surface area (Å²) < 4.78 is 19.3. The normalized spacial score (nSPS) is 13.8. The van der Waals surface area contributed by atoms with Crippen LogP contribution in [0.25, 0.3) is 5.57 Å². The van der Waals surface area contributed by atoms with Gasteiger partial charge in [-0.2, -0.15) is 0 Å². The second-order valence-electron chi connectivity index (χ2n) is 7.78. The Balaban J connectivity index is 1.82. The number of nitrogens with one attached hydrogen (secondary N) is 1. The van der Waals surface area contributed by atoms with Crippen LogP contribution in [0.4, 0.5) is 15.8 Å². The average Bonchev–Trinajstić information content (AvgIpc) is 3.03. The fourth-order valence-corrected chi connectivity index (χ4v) is 3.69. The lowest BCUT2D eigenvalue weighted by molar-refractivity contribution is -0.120. The number of para-hydroxylation sites is 1. The van der Waals surface area contributed by atoms with Gasteiger partial charge >= 0.3 is 0 Å². The first-order valence-corrected chi connectivity index (χ1v) is 10.3. The molecule has 0 saturated heterocycles. The van der Waals surface area contributed by atoms with Crippen molar-refractivity contribution in [1.29, 1.82) is 0 Å². The summed E-state index contributed by atoms with van der Waals surface area (Å²) in [5.74, 6) is -0.821. The van der Waals surface area contributed by atoms with Crippen LogP contribution in [0.3, 0.4) is 0 Å². The first kappa shape index (κ1) is 21.3. The molecule has 6 heteroatoms. The molecule has 0 bridgehead atoms. The fourth-order valence-electron chi connectivity index (χ4n) is 3.69. The van der Waals surface area contributed by atoms with E-state index < -0.39 is 17.6 Å². The van der Waals surface area contributed by atoms with Crippen molar-refractivity contribution in [3.8, 4) is 5.75 Å². The number of amides is 2. The van der Waals surface area contributed by atoms with Crippen molar-refractivity contribution in [1.82, 2.24) is 0 Å². The third-order valence-corrected chi connectivity index (χ3v) is 5.37. The summed E-state index contributed by atoms with van der Waals surface area (Å²) in [5.41, 5.74) is 2.75. The number of hydrogen-bond donors (Lipinski definition) is 1. The van der Waals surface area contributed by atoms with Gasteiger partial charge < -0.3 is 10.1 Å². The summed E-state index contributed by atoms with van der Waals surface area (Å²) in [4.78, 5) is 27.9. The maximum absolute atomic E-state index is 13.9. The molecule has 0 aliphatic carbocycles. The van der Waals surface area contributed by atoms with E-state index >= 15 is 0 Å². The number of ether oxygens (including phenoxy) is 1. The van der Waals surface area contributed by atoms with Crippen LogP contribution in [-0.4, -0.2) is 18.9 Å². The molecule has 0 spiro atoms. The van der Waals surface area contributed by atoms with Crippen LogP contribution >= 0.6 is 0 Å². The number of methoxy groups -OCH3 is 1. The average molecular weight is 430 g/mol. The number of imide groups is 1. The molecular weight excluding hydrogens is 407 g/mol. The molecule has 0 atom stereocenters. The first-order valence-electron chi connectivity index (χ1n) is 10.3. The summed E-state index contributed by atoms with van der Waals surface area (Å²) in [6.07, 6.45) is 0. The molecule has 3 aromatic rings. The van der Waals surface area contributed by atoms with Gasteiger partial charge in [0.05, 0.1) is 18.4 Å². The molecule has 0 radical (unpaired) electrons. The molecule has 0 fully saturated rings. The van der Waals surface area contributed by atoms with Gasteiger partial charge in [-0.05, 0) is 47.9 Å². The number of carbonyl (C=O) groups excluding carboxylic acids is 2. The summed E-state index contributed by atoms with van der Waals surface area (Å²) >= 11 is 0.